The molecule has 432 valence electrons. The first-order valence-corrected chi connectivity index (χ1v) is 26.0. The van der Waals surface area contributed by atoms with Crippen molar-refractivity contribution in [1.82, 2.24) is 51.7 Å². The molecule has 9 amide bonds. The number of urea groups is 1. The van der Waals surface area contributed by atoms with Crippen LogP contribution in [0.3, 0.4) is 0 Å². The molecule has 2 aromatic heterocycles. The van der Waals surface area contributed by atoms with E-state index < -0.39 is 84.2 Å². The molecule has 2 aromatic carbocycles. The van der Waals surface area contributed by atoms with E-state index in [1.807, 2.05) is 0 Å². The molecule has 8 N–H and O–H groups in total. The number of pyridine rings is 2. The monoisotopic (exact) mass is 1130 g/mol. The summed E-state index contributed by atoms with van der Waals surface area (Å²) < 4.78 is 43.1. The number of nitrogens with one attached hydrogen (secondary N) is 7. The topological polar surface area (TPSA) is 342 Å². The van der Waals surface area contributed by atoms with Crippen LogP contribution < -0.4 is 42.8 Å². The van der Waals surface area contributed by atoms with Crippen LogP contribution in [0.4, 0.5) is 9.18 Å². The lowest BCUT2D eigenvalue weighted by Gasteiger charge is -2.31. The van der Waals surface area contributed by atoms with Gasteiger partial charge in [-0.1, -0.05) is 37.3 Å². The third-order valence-electron chi connectivity index (χ3n) is 13.2. The molecule has 0 bridgehead atoms. The Morgan fingerprint density at radius 2 is 1.43 bits per heavy atom. The number of hydrogen-bond acceptors (Lipinski definition) is 17. The van der Waals surface area contributed by atoms with Crippen molar-refractivity contribution in [2.24, 2.45) is 0 Å². The number of aryl methyl sites for hydroxylation is 1. The summed E-state index contributed by atoms with van der Waals surface area (Å²) in [5, 5.41) is 29.6. The van der Waals surface area contributed by atoms with E-state index >= 15 is 0 Å². The first-order valence-electron chi connectivity index (χ1n) is 26.0. The molecule has 0 saturated carbocycles. The van der Waals surface area contributed by atoms with Gasteiger partial charge in [0.05, 0.1) is 101 Å². The number of hydrogen-bond donors (Lipinski definition) is 8. The number of ether oxygens (including phenoxy) is 5. The summed E-state index contributed by atoms with van der Waals surface area (Å²) in [5.41, 5.74) is 0.836. The van der Waals surface area contributed by atoms with Gasteiger partial charge in [-0.2, -0.15) is 0 Å². The molecule has 0 spiro atoms. The number of esters is 1. The lowest BCUT2D eigenvalue weighted by molar-refractivity contribution is -0.172. The van der Waals surface area contributed by atoms with Crippen LogP contribution in [0.1, 0.15) is 53.1 Å². The average Bonchev–Trinajstić information content (AvgIpc) is 3.66. The summed E-state index contributed by atoms with van der Waals surface area (Å²) in [6, 6.07) is 11.4. The largest absolute Gasteiger partial charge is 0.458 e. The summed E-state index contributed by atoms with van der Waals surface area (Å²) in [5.74, 6) is -5.33. The van der Waals surface area contributed by atoms with Gasteiger partial charge in [0.25, 0.3) is 17.4 Å². The van der Waals surface area contributed by atoms with Crippen molar-refractivity contribution < 1.29 is 76.3 Å². The van der Waals surface area contributed by atoms with Crippen molar-refractivity contribution in [2.45, 2.75) is 64.4 Å². The number of carbonyl (C=O) groups is 9. The van der Waals surface area contributed by atoms with E-state index in [9.17, 15) is 57.4 Å². The number of nitrogens with zero attached hydrogens (tertiary/aromatic N) is 3. The zero-order valence-corrected chi connectivity index (χ0v) is 44.6. The van der Waals surface area contributed by atoms with E-state index in [0.29, 0.717) is 39.0 Å². The molecule has 0 radical (unpaired) electrons. The molecular formula is C54H63FN10O16. The lowest BCUT2D eigenvalue weighted by atomic mass is 9.86. The van der Waals surface area contributed by atoms with Gasteiger partial charge in [0.2, 0.25) is 29.5 Å². The van der Waals surface area contributed by atoms with Gasteiger partial charge in [0.15, 0.2) is 5.60 Å². The highest BCUT2D eigenvalue weighted by molar-refractivity contribution is 6.12. The number of cyclic esters (lactones) is 1. The van der Waals surface area contributed by atoms with Gasteiger partial charge in [-0.05, 0) is 42.2 Å². The molecule has 26 nitrogen and oxygen atoms in total. The number of fused-ring (bicyclic) bond motifs is 5. The summed E-state index contributed by atoms with van der Waals surface area (Å²) in [4.78, 5) is 132. The van der Waals surface area contributed by atoms with Crippen molar-refractivity contribution in [3.05, 3.63) is 110 Å². The molecule has 27 heteroatoms. The third-order valence-corrected chi connectivity index (χ3v) is 13.2. The Morgan fingerprint density at radius 1 is 0.765 bits per heavy atom. The quantitative estimate of drug-likeness (QED) is 0.0117. The number of benzene rings is 2. The zero-order valence-electron chi connectivity index (χ0n) is 44.6. The predicted octanol–water partition coefficient (Wildman–Crippen LogP) is -1.14. The van der Waals surface area contributed by atoms with Crippen LogP contribution in [0, 0.1) is 12.7 Å². The van der Waals surface area contributed by atoms with Gasteiger partial charge in [0, 0.05) is 60.7 Å². The minimum absolute atomic E-state index is 0.00583. The van der Waals surface area contributed by atoms with E-state index in [-0.39, 0.29) is 133 Å². The first kappa shape index (κ1) is 60.1. The maximum atomic E-state index is 14.9. The summed E-state index contributed by atoms with van der Waals surface area (Å²) in [6.07, 6.45) is 2.35. The Hall–Kier alpha value is -8.50. The van der Waals surface area contributed by atoms with Crippen LogP contribution in [0.2, 0.25) is 0 Å². The summed E-state index contributed by atoms with van der Waals surface area (Å²) in [6.45, 7) is 2.37. The second-order valence-electron chi connectivity index (χ2n) is 18.7. The van der Waals surface area contributed by atoms with Crippen molar-refractivity contribution >= 4 is 64.3 Å². The van der Waals surface area contributed by atoms with Gasteiger partial charge in [-0.25, -0.2) is 19.0 Å². The van der Waals surface area contributed by atoms with E-state index in [1.165, 1.54) is 22.8 Å². The highest BCUT2D eigenvalue weighted by atomic mass is 19.1. The molecule has 5 heterocycles. The Morgan fingerprint density at radius 3 is 2.16 bits per heavy atom. The zero-order chi connectivity index (χ0) is 58.1. The molecule has 81 heavy (non-hydrogen) atoms. The molecule has 2 atom stereocenters. The number of rotatable bonds is 30. The Balaban J connectivity index is 0.773. The Bertz CT molecular complexity index is 3120. The second kappa shape index (κ2) is 28.6. The van der Waals surface area contributed by atoms with Crippen LogP contribution in [0.5, 0.6) is 0 Å². The molecular weight excluding hydrogens is 1060 g/mol. The number of aliphatic hydroxyl groups is 1. The molecule has 0 aliphatic carbocycles. The van der Waals surface area contributed by atoms with Crippen LogP contribution >= 0.6 is 0 Å². The van der Waals surface area contributed by atoms with Crippen molar-refractivity contribution in [3.8, 4) is 11.4 Å². The third kappa shape index (κ3) is 15.9. The fourth-order valence-electron chi connectivity index (χ4n) is 8.85. The lowest BCUT2D eigenvalue weighted by Crippen LogP contribution is -2.52. The molecule has 0 saturated heterocycles. The Kier molecular flexibility index (Phi) is 21.2. The second-order valence-corrected chi connectivity index (χ2v) is 18.7. The number of amides is 9. The van der Waals surface area contributed by atoms with Crippen LogP contribution in [-0.4, -0.2) is 165 Å². The SMILES string of the molecule is CC[C@@]1(O)C(=O)OCc2c1cc1n(c2=O)Cc2c-1nc1cc(F)c(C)cc1c2CNC(=O)NCCOCNC(=O)CNC(=O)C(Cc1ccccc1)NC(=O)CNC(=O)CNC(=O)CCOCCOCCOCCN1C(=O)C=CC1=O. The van der Waals surface area contributed by atoms with Gasteiger partial charge >= 0.3 is 12.0 Å². The van der Waals surface area contributed by atoms with Crippen LogP contribution in [0.25, 0.3) is 22.3 Å². The van der Waals surface area contributed by atoms with Gasteiger partial charge in [-0.15, -0.1) is 0 Å². The van der Waals surface area contributed by atoms with Gasteiger partial charge in [-0.3, -0.25) is 43.3 Å². The average molecular weight is 1130 g/mol. The number of imide groups is 1. The maximum absolute atomic E-state index is 14.9. The molecule has 7 rings (SSSR count). The molecule has 1 unspecified atom stereocenters. The highest BCUT2D eigenvalue weighted by Gasteiger charge is 2.45. The summed E-state index contributed by atoms with van der Waals surface area (Å²) in [7, 11) is 0. The fourth-order valence-corrected chi connectivity index (χ4v) is 8.85. The van der Waals surface area contributed by atoms with Crippen molar-refractivity contribution in [3.63, 3.8) is 0 Å². The van der Waals surface area contributed by atoms with E-state index in [1.54, 1.807) is 56.3 Å². The number of aromatic nitrogens is 2. The molecule has 4 aromatic rings. The first-order chi connectivity index (χ1) is 39.0. The van der Waals surface area contributed by atoms with E-state index in [0.717, 1.165) is 4.90 Å². The van der Waals surface area contributed by atoms with Crippen LogP contribution in [-0.2, 0) is 93.8 Å². The Labute approximate surface area is 462 Å². The van der Waals surface area contributed by atoms with Crippen LogP contribution in [0.15, 0.2) is 65.5 Å². The highest BCUT2D eigenvalue weighted by Crippen LogP contribution is 2.40. The molecule has 0 fully saturated rings. The van der Waals surface area contributed by atoms with Crippen molar-refractivity contribution in [2.75, 3.05) is 85.7 Å². The minimum Gasteiger partial charge on any atom is -0.458 e. The summed E-state index contributed by atoms with van der Waals surface area (Å²) >= 11 is 0. The molecule has 3 aliphatic rings. The van der Waals surface area contributed by atoms with E-state index in [4.69, 9.17) is 28.7 Å². The molecule has 3 aliphatic heterocycles. The maximum Gasteiger partial charge on any atom is 0.343 e. The normalized spacial score (nSPS) is 15.3. The van der Waals surface area contributed by atoms with E-state index in [2.05, 4.69) is 37.2 Å². The van der Waals surface area contributed by atoms with Gasteiger partial charge < -0.3 is 70.6 Å². The standard InChI is InChI=1S/C54H63FN10O16/c1-3-54(76)38-23-42-49-36(29-65(42)51(73)37(38)30-81-52(54)74)35(34-21-32(2)39(55)24-40(34)63-49)25-60-53(75)56-12-15-80-31-61-45(68)27-59-50(72)41(22-33-7-5-4-6-8-33)62-46(69)28-58-44(67)26-57-43(66)11-14-77-17-19-79-20-18-78-16-13-64-47(70)9-10-48(64)71/h4-10,21,23-24,41,76H,3,11-20,22,25-31H2,1-2H3,(H,57,66)(H,58,67)(H,59,72)(H,61,68)(H,62,69)(H2,56,60,75)/t41?,54-/m0/s1. The van der Waals surface area contributed by atoms with Crippen molar-refractivity contribution in [1.29, 1.82) is 0 Å². The smallest absolute Gasteiger partial charge is 0.343 e. The minimum atomic E-state index is -2.04. The number of carbonyl (C=O) groups excluding carboxylic acids is 9. The fraction of sp³-hybridized carbons (Fsp3) is 0.426. The predicted molar refractivity (Wildman–Crippen MR) is 282 cm³/mol. The number of halogens is 1. The van der Waals surface area contributed by atoms with Gasteiger partial charge in [0.1, 0.15) is 25.2 Å².